The molecular weight excluding hydrogens is 460 g/mol. The molecule has 8 nitrogen and oxygen atoms in total. The summed E-state index contributed by atoms with van der Waals surface area (Å²) in [5.74, 6) is 2.59. The number of anilines is 1. The van der Waals surface area contributed by atoms with Crippen LogP contribution in [0.15, 0.2) is 47.8 Å². The molecule has 0 aliphatic carbocycles. The highest BCUT2D eigenvalue weighted by atomic mass is 32.2. The minimum absolute atomic E-state index is 0.169. The molecule has 0 unspecified atom stereocenters. The molecule has 4 rings (SSSR count). The van der Waals surface area contributed by atoms with Crippen molar-refractivity contribution in [3.63, 3.8) is 0 Å². The zero-order valence-corrected chi connectivity index (χ0v) is 21.5. The number of hydrogen-bond donors (Lipinski definition) is 2. The van der Waals surface area contributed by atoms with Crippen LogP contribution in [0.2, 0.25) is 0 Å². The van der Waals surface area contributed by atoms with E-state index in [1.165, 1.54) is 0 Å². The Bertz CT molecular complexity index is 1320. The largest absolute Gasteiger partial charge is 0.493 e. The number of benzene rings is 2. The molecule has 184 valence electrons. The van der Waals surface area contributed by atoms with E-state index in [9.17, 15) is 4.79 Å². The van der Waals surface area contributed by atoms with Gasteiger partial charge >= 0.3 is 0 Å². The first-order valence-electron chi connectivity index (χ1n) is 12.0. The maximum atomic E-state index is 13.2. The number of aromatic nitrogens is 4. The normalized spacial score (nSPS) is 11.3. The summed E-state index contributed by atoms with van der Waals surface area (Å²) in [6.07, 6.45) is 1.79. The van der Waals surface area contributed by atoms with Crippen molar-refractivity contribution in [3.05, 3.63) is 48.2 Å². The molecular formula is C26H32N6O2S. The summed E-state index contributed by atoms with van der Waals surface area (Å²) in [6.45, 7) is 10.5. The molecule has 0 radical (unpaired) electrons. The lowest BCUT2D eigenvalue weighted by molar-refractivity contribution is 0.0950. The van der Waals surface area contributed by atoms with Crippen molar-refractivity contribution in [2.24, 2.45) is 5.92 Å². The summed E-state index contributed by atoms with van der Waals surface area (Å²) in [6, 6.07) is 11.7. The quantitative estimate of drug-likeness (QED) is 0.225. The Labute approximate surface area is 209 Å². The Hall–Kier alpha value is -3.33. The van der Waals surface area contributed by atoms with Crippen LogP contribution in [0.3, 0.4) is 0 Å². The summed E-state index contributed by atoms with van der Waals surface area (Å²) < 4.78 is 7.58. The molecule has 1 amide bonds. The smallest absolute Gasteiger partial charge is 0.255 e. The number of carbonyl (C=O) groups is 1. The molecule has 0 atom stereocenters. The van der Waals surface area contributed by atoms with Crippen LogP contribution in [0, 0.1) is 5.92 Å². The minimum Gasteiger partial charge on any atom is -0.493 e. The SMILES string of the molecule is CCOc1ccc2ccccc2c1C(=O)NCCn1ncc2c(NCC(C)C)nc(SCC)nc21. The summed E-state index contributed by atoms with van der Waals surface area (Å²) in [5.41, 5.74) is 1.32. The molecule has 0 aliphatic rings. The van der Waals surface area contributed by atoms with Gasteiger partial charge in [0.1, 0.15) is 11.6 Å². The fourth-order valence-electron chi connectivity index (χ4n) is 3.85. The Kier molecular flexibility index (Phi) is 8.07. The number of thioether (sulfide) groups is 1. The lowest BCUT2D eigenvalue weighted by Gasteiger charge is -2.14. The van der Waals surface area contributed by atoms with Crippen LogP contribution in [0.4, 0.5) is 5.82 Å². The number of carbonyl (C=O) groups excluding carboxylic acids is 1. The second kappa shape index (κ2) is 11.4. The zero-order chi connectivity index (χ0) is 24.8. The van der Waals surface area contributed by atoms with Crippen LogP contribution >= 0.6 is 11.8 Å². The first kappa shape index (κ1) is 24.8. The van der Waals surface area contributed by atoms with E-state index in [1.54, 1.807) is 18.0 Å². The standard InChI is InChI=1S/C26H32N6O2S/c1-5-34-21-12-11-18-9-7-8-10-19(18)22(21)25(33)27-13-14-32-24-20(16-29-32)23(28-15-17(3)4)30-26(31-24)35-6-2/h7-12,16-17H,5-6,13-15H2,1-4H3,(H,27,33)(H,28,30,31). The van der Waals surface area contributed by atoms with Gasteiger partial charge in [0.05, 0.1) is 30.3 Å². The van der Waals surface area contributed by atoms with Crippen LogP contribution in [-0.2, 0) is 6.54 Å². The number of ether oxygens (including phenoxy) is 1. The van der Waals surface area contributed by atoms with Gasteiger partial charge in [0.25, 0.3) is 5.91 Å². The first-order valence-corrected chi connectivity index (χ1v) is 13.0. The van der Waals surface area contributed by atoms with Gasteiger partial charge in [0, 0.05) is 13.1 Å². The van der Waals surface area contributed by atoms with Gasteiger partial charge in [-0.05, 0) is 35.4 Å². The molecule has 4 aromatic rings. The molecule has 2 N–H and O–H groups in total. The van der Waals surface area contributed by atoms with Crippen molar-refractivity contribution in [2.75, 3.05) is 30.8 Å². The van der Waals surface area contributed by atoms with Gasteiger partial charge in [-0.1, -0.05) is 62.9 Å². The van der Waals surface area contributed by atoms with E-state index in [-0.39, 0.29) is 5.91 Å². The van der Waals surface area contributed by atoms with E-state index in [0.29, 0.717) is 42.1 Å². The molecule has 0 saturated heterocycles. The Morgan fingerprint density at radius 3 is 2.71 bits per heavy atom. The van der Waals surface area contributed by atoms with E-state index < -0.39 is 0 Å². The van der Waals surface area contributed by atoms with Gasteiger partial charge in [-0.25, -0.2) is 14.6 Å². The van der Waals surface area contributed by atoms with Crippen molar-refractivity contribution < 1.29 is 9.53 Å². The molecule has 2 aromatic heterocycles. The maximum Gasteiger partial charge on any atom is 0.255 e. The highest BCUT2D eigenvalue weighted by Crippen LogP contribution is 2.28. The number of hydrogen-bond acceptors (Lipinski definition) is 7. The molecule has 0 aliphatic heterocycles. The molecule has 0 fully saturated rings. The van der Waals surface area contributed by atoms with Crippen LogP contribution in [-0.4, -0.2) is 51.1 Å². The fraction of sp³-hybridized carbons (Fsp3) is 0.385. The maximum absolute atomic E-state index is 13.2. The average molecular weight is 493 g/mol. The van der Waals surface area contributed by atoms with Gasteiger partial charge in [-0.15, -0.1) is 0 Å². The number of fused-ring (bicyclic) bond motifs is 2. The van der Waals surface area contributed by atoms with Crippen LogP contribution < -0.4 is 15.4 Å². The van der Waals surface area contributed by atoms with Gasteiger partial charge in [0.15, 0.2) is 10.8 Å². The summed E-state index contributed by atoms with van der Waals surface area (Å²) in [4.78, 5) is 22.6. The highest BCUT2D eigenvalue weighted by molar-refractivity contribution is 7.99. The molecule has 0 bridgehead atoms. The predicted octanol–water partition coefficient (Wildman–Crippen LogP) is 4.99. The lowest BCUT2D eigenvalue weighted by atomic mass is 10.0. The van der Waals surface area contributed by atoms with E-state index in [2.05, 4.69) is 41.5 Å². The number of amides is 1. The molecule has 0 saturated carbocycles. The minimum atomic E-state index is -0.169. The van der Waals surface area contributed by atoms with Crippen molar-refractivity contribution in [2.45, 2.75) is 39.4 Å². The summed E-state index contributed by atoms with van der Waals surface area (Å²) in [7, 11) is 0. The third-order valence-corrected chi connectivity index (χ3v) is 6.18. The van der Waals surface area contributed by atoms with E-state index in [1.807, 2.05) is 48.0 Å². The predicted molar refractivity (Wildman–Crippen MR) is 142 cm³/mol. The van der Waals surface area contributed by atoms with Crippen LogP contribution in [0.5, 0.6) is 5.75 Å². The number of rotatable bonds is 11. The average Bonchev–Trinajstić information content (AvgIpc) is 3.25. The lowest BCUT2D eigenvalue weighted by Crippen LogP contribution is -2.28. The fourth-order valence-corrected chi connectivity index (χ4v) is 4.42. The van der Waals surface area contributed by atoms with Crippen molar-refractivity contribution in [3.8, 4) is 5.75 Å². The first-order chi connectivity index (χ1) is 17.0. The number of nitrogens with one attached hydrogen (secondary N) is 2. The van der Waals surface area contributed by atoms with Gasteiger partial charge in [0.2, 0.25) is 0 Å². The third kappa shape index (κ3) is 5.67. The van der Waals surface area contributed by atoms with Gasteiger partial charge in [-0.3, -0.25) is 4.79 Å². The molecule has 2 heterocycles. The molecule has 2 aromatic carbocycles. The topological polar surface area (TPSA) is 94.0 Å². The van der Waals surface area contributed by atoms with E-state index in [0.717, 1.165) is 39.9 Å². The second-order valence-corrected chi connectivity index (χ2v) is 9.75. The Morgan fingerprint density at radius 1 is 1.11 bits per heavy atom. The Morgan fingerprint density at radius 2 is 1.94 bits per heavy atom. The van der Waals surface area contributed by atoms with Crippen molar-refractivity contribution in [1.29, 1.82) is 0 Å². The van der Waals surface area contributed by atoms with Crippen LogP contribution in [0.1, 0.15) is 38.1 Å². The van der Waals surface area contributed by atoms with Crippen molar-refractivity contribution >= 4 is 45.3 Å². The van der Waals surface area contributed by atoms with Crippen molar-refractivity contribution in [1.82, 2.24) is 25.1 Å². The number of nitrogens with zero attached hydrogens (tertiary/aromatic N) is 4. The molecule has 35 heavy (non-hydrogen) atoms. The second-order valence-electron chi connectivity index (χ2n) is 8.52. The van der Waals surface area contributed by atoms with Gasteiger partial charge in [-0.2, -0.15) is 5.10 Å². The van der Waals surface area contributed by atoms with Crippen LogP contribution in [0.25, 0.3) is 21.8 Å². The highest BCUT2D eigenvalue weighted by Gasteiger charge is 2.17. The third-order valence-electron chi connectivity index (χ3n) is 5.45. The monoisotopic (exact) mass is 492 g/mol. The van der Waals surface area contributed by atoms with E-state index >= 15 is 0 Å². The molecule has 9 heteroatoms. The summed E-state index contributed by atoms with van der Waals surface area (Å²) >= 11 is 1.60. The van der Waals surface area contributed by atoms with Gasteiger partial charge < -0.3 is 15.4 Å². The Balaban J connectivity index is 1.54. The van der Waals surface area contributed by atoms with E-state index in [4.69, 9.17) is 9.72 Å². The summed E-state index contributed by atoms with van der Waals surface area (Å²) in [5, 5.41) is 14.5. The molecule has 0 spiro atoms. The zero-order valence-electron chi connectivity index (χ0n) is 20.7.